The molecule has 5 nitrogen and oxygen atoms in total. The minimum Gasteiger partial charge on any atom is -0.383 e. The Bertz CT molecular complexity index is 3070. The van der Waals surface area contributed by atoms with Gasteiger partial charge < -0.3 is 14.9 Å². The van der Waals surface area contributed by atoms with Gasteiger partial charge in [-0.1, -0.05) is 115 Å². The first kappa shape index (κ1) is 35.9. The Labute approximate surface area is 342 Å². The van der Waals surface area contributed by atoms with Crippen molar-refractivity contribution in [3.63, 3.8) is 0 Å². The van der Waals surface area contributed by atoms with Crippen LogP contribution in [0, 0.1) is 5.92 Å². The lowest BCUT2D eigenvalue weighted by molar-refractivity contribution is 0.790. The highest BCUT2D eigenvalue weighted by atomic mass is 32.2. The van der Waals surface area contributed by atoms with Crippen LogP contribution in [0.2, 0.25) is 0 Å². The smallest absolute Gasteiger partial charge is 0.157 e. The van der Waals surface area contributed by atoms with Gasteiger partial charge in [0, 0.05) is 59.6 Å². The summed E-state index contributed by atoms with van der Waals surface area (Å²) in [5.41, 5.74) is 14.0. The van der Waals surface area contributed by atoms with Crippen LogP contribution in [0.5, 0.6) is 0 Å². The lowest BCUT2D eigenvalue weighted by atomic mass is 9.60. The first-order valence-electron chi connectivity index (χ1n) is 19.1. The third kappa shape index (κ3) is 5.68. The zero-order chi connectivity index (χ0) is 39.1. The van der Waals surface area contributed by atoms with Gasteiger partial charge in [-0.05, 0) is 42.2 Å². The van der Waals surface area contributed by atoms with Crippen molar-refractivity contribution >= 4 is 141 Å². The van der Waals surface area contributed by atoms with Gasteiger partial charge in [-0.2, -0.15) is 0 Å². The fraction of sp³-hybridized carbons (Fsp3) is 0.130. The number of fused-ring (bicyclic) bond motifs is 10. The number of hydrogen-bond acceptors (Lipinski definition) is 2. The van der Waals surface area contributed by atoms with Crippen LogP contribution in [0.15, 0.2) is 124 Å². The van der Waals surface area contributed by atoms with Crippen molar-refractivity contribution in [2.45, 2.75) is 36.1 Å². The number of aromatic nitrogens is 2. The predicted octanol–water partition coefficient (Wildman–Crippen LogP) is 2.80. The Kier molecular flexibility index (Phi) is 8.71. The zero-order valence-electron chi connectivity index (χ0n) is 31.4. The number of nitrogens with zero attached hydrogens (tertiary/aromatic N) is 4. The number of hydrogen-bond donors (Lipinski definition) is 1. The van der Waals surface area contributed by atoms with Gasteiger partial charge in [0.05, 0.1) is 16.6 Å². The Morgan fingerprint density at radius 2 is 1.47 bits per heavy atom. The zero-order valence-corrected chi connectivity index (χ0v) is 32.2. The van der Waals surface area contributed by atoms with Gasteiger partial charge in [0.1, 0.15) is 51.7 Å². The molecule has 2 N–H and O–H groups in total. The number of benzene rings is 5. The van der Waals surface area contributed by atoms with E-state index in [2.05, 4.69) is 107 Å². The van der Waals surface area contributed by atoms with E-state index in [0.29, 0.717) is 22.6 Å². The molecule has 7 aromatic rings. The number of thioether (sulfide) groups is 1. The summed E-state index contributed by atoms with van der Waals surface area (Å²) >= 11 is 1.94. The summed E-state index contributed by atoms with van der Waals surface area (Å²) in [5, 5.41) is 6.17. The van der Waals surface area contributed by atoms with Crippen LogP contribution in [0.4, 0.5) is 0 Å². The normalized spacial score (nSPS) is 19.0. The average molecular weight is 741 g/mol. The molecule has 0 amide bonds. The van der Waals surface area contributed by atoms with Crippen molar-refractivity contribution in [2.75, 3.05) is 0 Å². The highest BCUT2D eigenvalue weighted by molar-refractivity contribution is 8.00. The van der Waals surface area contributed by atoms with E-state index in [9.17, 15) is 0 Å². The number of rotatable bonds is 5. The second kappa shape index (κ2) is 13.8. The van der Waals surface area contributed by atoms with Gasteiger partial charge in [-0.3, -0.25) is 0 Å². The summed E-state index contributed by atoms with van der Waals surface area (Å²) in [6.07, 6.45) is 12.9. The Morgan fingerprint density at radius 3 is 2.28 bits per heavy atom. The molecule has 262 valence electrons. The summed E-state index contributed by atoms with van der Waals surface area (Å²) in [7, 11) is 32.3. The molecule has 0 spiro atoms. The van der Waals surface area contributed by atoms with Gasteiger partial charge in [0.2, 0.25) is 0 Å². The minimum atomic E-state index is 0.112. The minimum absolute atomic E-state index is 0.112. The highest BCUT2D eigenvalue weighted by Crippen LogP contribution is 2.49. The first-order chi connectivity index (χ1) is 27.7. The molecule has 0 fully saturated rings. The summed E-state index contributed by atoms with van der Waals surface area (Å²) in [6, 6.07) is 31.2. The molecule has 3 atom stereocenters. The number of allylic oxidation sites excluding steroid dienone is 3. The van der Waals surface area contributed by atoms with E-state index in [0.717, 1.165) is 39.4 Å². The lowest BCUT2D eigenvalue weighted by Gasteiger charge is -2.21. The number of amidine groups is 2. The van der Waals surface area contributed by atoms with Gasteiger partial charge in [-0.25, -0.2) is 9.98 Å². The van der Waals surface area contributed by atoms with Crippen LogP contribution < -0.4 is 43.6 Å². The van der Waals surface area contributed by atoms with E-state index >= 15 is 0 Å². The molecule has 0 saturated carbocycles. The second-order valence-corrected chi connectivity index (χ2v) is 16.3. The van der Waals surface area contributed by atoms with Crippen LogP contribution in [0.1, 0.15) is 36.0 Å². The molecule has 10 rings (SSSR count). The maximum Gasteiger partial charge on any atom is 0.157 e. The molecule has 3 unspecified atom stereocenters. The van der Waals surface area contributed by atoms with Crippen molar-refractivity contribution in [2.24, 2.45) is 21.6 Å². The van der Waals surface area contributed by atoms with Gasteiger partial charge in [-0.15, -0.1) is 28.2 Å². The van der Waals surface area contributed by atoms with Crippen LogP contribution in [-0.4, -0.2) is 65.3 Å². The van der Waals surface area contributed by atoms with E-state index < -0.39 is 0 Å². The Balaban J connectivity index is 1.24. The van der Waals surface area contributed by atoms with Crippen molar-refractivity contribution in [3.05, 3.63) is 136 Å². The van der Waals surface area contributed by atoms with E-state index in [1.54, 1.807) is 0 Å². The van der Waals surface area contributed by atoms with Crippen LogP contribution >= 0.6 is 11.8 Å². The topological polar surface area (TPSA) is 60.6 Å². The molecule has 0 bridgehead atoms. The standard InChI is InChI=1S/C46H32B5N5S/c1-24-15-20-34-32(21-24)31-19-18-30-27-11-5-7-13-33(27)55(43(30)44(31)56(34)26-16-17-29-28-12-6-8-14-35(28)57-36(29)22-26)23-53-46(54-45(52)25-9-3-2-4-10-25)37-38(47)40(49)42(51)41(50)39(37)48/h2-14,16-22,24,29,36H,15,23H2,1H3,(H2,52,53,54). The SMILES string of the molecule is [B]c1c([B])c([B])c(C(N=C(N)c2ccccc2)=NCn2c3ccccc3c3ccc4c5c(n(C6=CC7Sc8ccccc8C7C=C6)c4c32)=CCC(C)C=5)c([B])c1[B]. The molecule has 11 heteroatoms. The molecule has 2 aromatic heterocycles. The van der Waals surface area contributed by atoms with Crippen LogP contribution in [0.3, 0.4) is 0 Å². The number of para-hydroxylation sites is 1. The third-order valence-corrected chi connectivity index (χ3v) is 12.9. The molecule has 57 heavy (non-hydrogen) atoms. The summed E-state index contributed by atoms with van der Waals surface area (Å²) < 4.78 is 4.72. The second-order valence-electron chi connectivity index (χ2n) is 15.0. The van der Waals surface area contributed by atoms with E-state index in [4.69, 9.17) is 54.9 Å². The largest absolute Gasteiger partial charge is 0.383 e. The van der Waals surface area contributed by atoms with Crippen molar-refractivity contribution < 1.29 is 0 Å². The molecule has 3 heterocycles. The highest BCUT2D eigenvalue weighted by Gasteiger charge is 2.33. The molecule has 5 aromatic carbocycles. The molecular formula is C46H32B5N5S. The fourth-order valence-corrected chi connectivity index (χ4v) is 10.1. The maximum absolute atomic E-state index is 6.65. The summed E-state index contributed by atoms with van der Waals surface area (Å²) in [6.45, 7) is 2.43. The average Bonchev–Trinajstić information content (AvgIpc) is 3.88. The van der Waals surface area contributed by atoms with Crippen LogP contribution in [-0.2, 0) is 6.67 Å². The molecule has 2 aliphatic carbocycles. The van der Waals surface area contributed by atoms with Crippen molar-refractivity contribution in [3.8, 4) is 0 Å². The van der Waals surface area contributed by atoms with Gasteiger partial charge >= 0.3 is 0 Å². The molecule has 3 aliphatic rings. The van der Waals surface area contributed by atoms with E-state index in [-0.39, 0.29) is 51.2 Å². The Morgan fingerprint density at radius 1 is 0.772 bits per heavy atom. The van der Waals surface area contributed by atoms with Crippen molar-refractivity contribution in [1.82, 2.24) is 9.13 Å². The fourth-order valence-electron chi connectivity index (χ4n) is 8.76. The number of nitrogens with two attached hydrogens (primary N) is 1. The number of aliphatic imine (C=N–C) groups is 2. The quantitative estimate of drug-likeness (QED) is 0.168. The molecule has 0 saturated heterocycles. The Hall–Kier alpha value is -5.53. The predicted molar refractivity (Wildman–Crippen MR) is 246 cm³/mol. The van der Waals surface area contributed by atoms with E-state index in [1.165, 1.54) is 26.4 Å². The molecule has 1 aliphatic heterocycles. The lowest BCUT2D eigenvalue weighted by Crippen LogP contribution is -2.57. The summed E-state index contributed by atoms with van der Waals surface area (Å²) in [5.74, 6) is 1.17. The molecule has 10 radical (unpaired) electrons. The molecular weight excluding hydrogens is 709 g/mol. The monoisotopic (exact) mass is 741 g/mol. The van der Waals surface area contributed by atoms with Crippen LogP contribution in [0.25, 0.3) is 50.6 Å². The van der Waals surface area contributed by atoms with Crippen molar-refractivity contribution in [1.29, 1.82) is 0 Å². The first-order valence-corrected chi connectivity index (χ1v) is 20.0. The van der Waals surface area contributed by atoms with Gasteiger partial charge in [0.25, 0.3) is 0 Å². The third-order valence-electron chi connectivity index (χ3n) is 11.6. The van der Waals surface area contributed by atoms with Gasteiger partial charge in [0.15, 0.2) is 5.84 Å². The van der Waals surface area contributed by atoms with E-state index in [1.807, 2.05) is 42.1 Å². The summed E-state index contributed by atoms with van der Waals surface area (Å²) in [4.78, 5) is 11.4. The maximum atomic E-state index is 6.65.